The van der Waals surface area contributed by atoms with E-state index in [1.165, 1.54) is 0 Å². The van der Waals surface area contributed by atoms with Gasteiger partial charge < -0.3 is 15.7 Å². The minimum Gasteiger partial charge on any atom is -0.508 e. The molecule has 2 aromatic rings. The summed E-state index contributed by atoms with van der Waals surface area (Å²) in [7, 11) is 0. The van der Waals surface area contributed by atoms with E-state index in [1.54, 1.807) is 12.1 Å². The van der Waals surface area contributed by atoms with Crippen LogP contribution in [0.2, 0.25) is 0 Å². The third-order valence-corrected chi connectivity index (χ3v) is 4.97. The predicted molar refractivity (Wildman–Crippen MR) is 113 cm³/mol. The molecule has 0 radical (unpaired) electrons. The summed E-state index contributed by atoms with van der Waals surface area (Å²) in [5.74, 6) is 1.19. The van der Waals surface area contributed by atoms with Crippen LogP contribution in [-0.4, -0.2) is 53.2 Å². The maximum atomic E-state index is 9.57. The van der Waals surface area contributed by atoms with E-state index in [0.717, 1.165) is 62.7 Å². The lowest BCUT2D eigenvalue weighted by molar-refractivity contribution is 0.196. The lowest BCUT2D eigenvalue weighted by Crippen LogP contribution is -2.48. The van der Waals surface area contributed by atoms with Crippen molar-refractivity contribution < 1.29 is 5.11 Å². The first kappa shape index (κ1) is 20.1. The number of aliphatic imine (C=N–C) groups is 1. The number of hydrogen-bond donors (Lipinski definition) is 3. The zero-order valence-corrected chi connectivity index (χ0v) is 16.6. The SMILES string of the molecule is CCNC(=NCCc1cccc(O)c1)NC1CCN(Cc2ccccn2)CC1. The number of pyridine rings is 1. The maximum absolute atomic E-state index is 9.57. The van der Waals surface area contributed by atoms with Gasteiger partial charge in [0.05, 0.1) is 5.69 Å². The summed E-state index contributed by atoms with van der Waals surface area (Å²) >= 11 is 0. The van der Waals surface area contributed by atoms with E-state index in [4.69, 9.17) is 4.99 Å². The third kappa shape index (κ3) is 6.53. The molecular formula is C22H31N5O. The van der Waals surface area contributed by atoms with Crippen LogP contribution < -0.4 is 10.6 Å². The van der Waals surface area contributed by atoms with E-state index < -0.39 is 0 Å². The van der Waals surface area contributed by atoms with E-state index in [2.05, 4.69) is 33.5 Å². The highest BCUT2D eigenvalue weighted by atomic mass is 16.3. The van der Waals surface area contributed by atoms with Crippen molar-refractivity contribution in [2.75, 3.05) is 26.2 Å². The minimum atomic E-state index is 0.309. The van der Waals surface area contributed by atoms with E-state index in [0.29, 0.717) is 18.3 Å². The third-order valence-electron chi connectivity index (χ3n) is 4.97. The number of phenols is 1. The Morgan fingerprint density at radius 3 is 2.79 bits per heavy atom. The summed E-state index contributed by atoms with van der Waals surface area (Å²) in [6.07, 6.45) is 4.88. The van der Waals surface area contributed by atoms with Gasteiger partial charge in [-0.15, -0.1) is 0 Å². The Hall–Kier alpha value is -2.60. The molecule has 6 nitrogen and oxygen atoms in total. The van der Waals surface area contributed by atoms with Crippen LogP contribution in [0.1, 0.15) is 31.0 Å². The zero-order valence-electron chi connectivity index (χ0n) is 16.6. The van der Waals surface area contributed by atoms with Crippen molar-refractivity contribution in [2.45, 2.75) is 38.8 Å². The summed E-state index contributed by atoms with van der Waals surface area (Å²) in [5, 5.41) is 16.5. The van der Waals surface area contributed by atoms with Gasteiger partial charge in [-0.05, 0) is 56.0 Å². The highest BCUT2D eigenvalue weighted by Gasteiger charge is 2.20. The van der Waals surface area contributed by atoms with Gasteiger partial charge >= 0.3 is 0 Å². The highest BCUT2D eigenvalue weighted by Crippen LogP contribution is 2.13. The van der Waals surface area contributed by atoms with Gasteiger partial charge in [-0.2, -0.15) is 0 Å². The lowest BCUT2D eigenvalue weighted by Gasteiger charge is -2.32. The molecule has 1 aliphatic rings. The fourth-order valence-electron chi connectivity index (χ4n) is 3.48. The van der Waals surface area contributed by atoms with Crippen LogP contribution in [0, 0.1) is 0 Å². The molecule has 2 heterocycles. The van der Waals surface area contributed by atoms with Gasteiger partial charge in [-0.25, -0.2) is 0 Å². The lowest BCUT2D eigenvalue weighted by atomic mass is 10.0. The first-order valence-electron chi connectivity index (χ1n) is 10.2. The topological polar surface area (TPSA) is 72.8 Å². The number of piperidine rings is 1. The zero-order chi connectivity index (χ0) is 19.6. The molecule has 0 amide bonds. The van der Waals surface area contributed by atoms with Gasteiger partial charge in [0.15, 0.2) is 5.96 Å². The number of phenolic OH excluding ortho intramolecular Hbond substituents is 1. The van der Waals surface area contributed by atoms with Crippen molar-refractivity contribution >= 4 is 5.96 Å². The number of aromatic nitrogens is 1. The van der Waals surface area contributed by atoms with Crippen molar-refractivity contribution in [1.82, 2.24) is 20.5 Å². The fourth-order valence-corrected chi connectivity index (χ4v) is 3.48. The number of guanidine groups is 1. The standard InChI is InChI=1S/C22H31N5O/c1-2-23-22(25-13-9-18-6-5-8-21(28)16-18)26-19-10-14-27(15-11-19)17-20-7-3-4-12-24-20/h3-8,12,16,19,28H,2,9-11,13-15,17H2,1H3,(H2,23,25,26). The van der Waals surface area contributed by atoms with Crippen LogP contribution >= 0.6 is 0 Å². The monoisotopic (exact) mass is 381 g/mol. The molecule has 1 saturated heterocycles. The van der Waals surface area contributed by atoms with Crippen LogP contribution in [0.3, 0.4) is 0 Å². The molecule has 3 rings (SSSR count). The number of nitrogens with one attached hydrogen (secondary N) is 2. The molecule has 1 fully saturated rings. The van der Waals surface area contributed by atoms with Crippen LogP contribution in [0.25, 0.3) is 0 Å². The highest BCUT2D eigenvalue weighted by molar-refractivity contribution is 5.80. The van der Waals surface area contributed by atoms with E-state index >= 15 is 0 Å². The number of aromatic hydroxyl groups is 1. The Morgan fingerprint density at radius 1 is 1.21 bits per heavy atom. The fraction of sp³-hybridized carbons (Fsp3) is 0.455. The van der Waals surface area contributed by atoms with Crippen LogP contribution in [0.15, 0.2) is 53.7 Å². The number of nitrogens with zero attached hydrogens (tertiary/aromatic N) is 3. The van der Waals surface area contributed by atoms with Crippen LogP contribution in [-0.2, 0) is 13.0 Å². The molecule has 6 heteroatoms. The second-order valence-corrected chi connectivity index (χ2v) is 7.20. The Kier molecular flexibility index (Phi) is 7.67. The second kappa shape index (κ2) is 10.7. The molecule has 1 aromatic heterocycles. The van der Waals surface area contributed by atoms with Crippen LogP contribution in [0.5, 0.6) is 5.75 Å². The van der Waals surface area contributed by atoms with E-state index in [-0.39, 0.29) is 0 Å². The first-order chi connectivity index (χ1) is 13.7. The number of benzene rings is 1. The molecular weight excluding hydrogens is 350 g/mol. The number of likely N-dealkylation sites (tertiary alicyclic amines) is 1. The van der Waals surface area contributed by atoms with Crippen molar-refractivity contribution in [1.29, 1.82) is 0 Å². The Morgan fingerprint density at radius 2 is 2.07 bits per heavy atom. The van der Waals surface area contributed by atoms with E-state index in [1.807, 2.05) is 30.5 Å². The summed E-state index contributed by atoms with van der Waals surface area (Å²) in [5.41, 5.74) is 2.23. The average molecular weight is 382 g/mol. The van der Waals surface area contributed by atoms with Gasteiger partial charge in [-0.1, -0.05) is 18.2 Å². The Labute approximate surface area is 167 Å². The molecule has 3 N–H and O–H groups in total. The van der Waals surface area contributed by atoms with Gasteiger partial charge in [0.2, 0.25) is 0 Å². The Bertz CT molecular complexity index is 742. The normalized spacial score (nSPS) is 16.1. The number of hydrogen-bond acceptors (Lipinski definition) is 4. The molecule has 28 heavy (non-hydrogen) atoms. The summed E-state index contributed by atoms with van der Waals surface area (Å²) < 4.78 is 0. The molecule has 0 atom stereocenters. The molecule has 0 spiro atoms. The molecule has 0 unspecified atom stereocenters. The predicted octanol–water partition coefficient (Wildman–Crippen LogP) is 2.55. The van der Waals surface area contributed by atoms with Gasteiger partial charge in [0.25, 0.3) is 0 Å². The maximum Gasteiger partial charge on any atom is 0.191 e. The van der Waals surface area contributed by atoms with Crippen molar-refractivity contribution in [3.63, 3.8) is 0 Å². The molecule has 1 aromatic carbocycles. The Balaban J connectivity index is 1.45. The minimum absolute atomic E-state index is 0.309. The van der Waals surface area contributed by atoms with Gasteiger partial charge in [0, 0.05) is 45.0 Å². The van der Waals surface area contributed by atoms with Gasteiger partial charge in [0.1, 0.15) is 5.75 Å². The average Bonchev–Trinajstić information content (AvgIpc) is 2.70. The van der Waals surface area contributed by atoms with E-state index in [9.17, 15) is 5.11 Å². The van der Waals surface area contributed by atoms with Crippen molar-refractivity contribution in [3.8, 4) is 5.75 Å². The molecule has 0 aliphatic carbocycles. The van der Waals surface area contributed by atoms with Crippen molar-refractivity contribution in [3.05, 3.63) is 59.9 Å². The molecule has 150 valence electrons. The number of rotatable bonds is 7. The quantitative estimate of drug-likeness (QED) is 0.508. The van der Waals surface area contributed by atoms with Crippen molar-refractivity contribution in [2.24, 2.45) is 4.99 Å². The molecule has 0 saturated carbocycles. The van der Waals surface area contributed by atoms with Crippen LogP contribution in [0.4, 0.5) is 0 Å². The summed E-state index contributed by atoms with van der Waals surface area (Å²) in [6, 6.07) is 13.9. The van der Waals surface area contributed by atoms with Gasteiger partial charge in [-0.3, -0.25) is 14.9 Å². The molecule has 0 bridgehead atoms. The second-order valence-electron chi connectivity index (χ2n) is 7.20. The molecule has 1 aliphatic heterocycles. The largest absolute Gasteiger partial charge is 0.508 e. The first-order valence-corrected chi connectivity index (χ1v) is 10.2. The smallest absolute Gasteiger partial charge is 0.191 e. The summed E-state index contributed by atoms with van der Waals surface area (Å²) in [4.78, 5) is 11.6. The summed E-state index contributed by atoms with van der Waals surface area (Å²) in [6.45, 7) is 6.68.